The Kier molecular flexibility index (Phi) is 6.98. The highest BCUT2D eigenvalue weighted by atomic mass is 16.5. The number of piperazine rings is 1. The van der Waals surface area contributed by atoms with Crippen molar-refractivity contribution in [2.45, 2.75) is 38.5 Å². The van der Waals surface area contributed by atoms with E-state index in [1.54, 1.807) is 7.11 Å². The Morgan fingerprint density at radius 2 is 1.60 bits per heavy atom. The molecule has 2 amide bonds. The van der Waals surface area contributed by atoms with Gasteiger partial charge in [0.15, 0.2) is 0 Å². The van der Waals surface area contributed by atoms with E-state index in [-0.39, 0.29) is 29.6 Å². The fourth-order valence-corrected chi connectivity index (χ4v) is 6.20. The van der Waals surface area contributed by atoms with Gasteiger partial charge in [-0.1, -0.05) is 43.2 Å². The van der Waals surface area contributed by atoms with Crippen LogP contribution in [0.4, 0.5) is 5.69 Å². The summed E-state index contributed by atoms with van der Waals surface area (Å²) in [4.78, 5) is 33.6. The second-order valence-corrected chi connectivity index (χ2v) is 10.3. The third kappa shape index (κ3) is 4.89. The number of nitrogens with zero attached hydrogens (tertiary/aromatic N) is 3. The van der Waals surface area contributed by atoms with Crippen LogP contribution in [0.2, 0.25) is 0 Å². The molecule has 6 nitrogen and oxygen atoms in total. The van der Waals surface area contributed by atoms with E-state index in [1.165, 1.54) is 11.3 Å². The van der Waals surface area contributed by atoms with Crippen LogP contribution in [0, 0.1) is 18.8 Å². The summed E-state index contributed by atoms with van der Waals surface area (Å²) < 4.78 is 5.46. The predicted octanol–water partition coefficient (Wildman–Crippen LogP) is 4.08. The molecule has 2 aromatic carbocycles. The lowest BCUT2D eigenvalue weighted by Crippen LogP contribution is -2.51. The quantitative estimate of drug-likeness (QED) is 0.654. The number of rotatable bonds is 5. The first-order valence-electron chi connectivity index (χ1n) is 13.1. The second kappa shape index (κ2) is 10.3. The Morgan fingerprint density at radius 1 is 0.857 bits per heavy atom. The fraction of sp³-hybridized carbons (Fsp3) is 0.517. The van der Waals surface area contributed by atoms with Gasteiger partial charge in [0.2, 0.25) is 11.8 Å². The molecule has 2 aromatic rings. The van der Waals surface area contributed by atoms with Gasteiger partial charge in [-0.05, 0) is 49.1 Å². The van der Waals surface area contributed by atoms with E-state index in [0.717, 1.165) is 50.1 Å². The SMILES string of the molecule is COc1cccc([C@@H]2CN(C(=O)C3CCCC3)C[C@H]2C(=O)N2CCN(c3ccccc3C)CC2)c1. The zero-order valence-electron chi connectivity index (χ0n) is 21.0. The smallest absolute Gasteiger partial charge is 0.228 e. The van der Waals surface area contributed by atoms with Gasteiger partial charge in [0.05, 0.1) is 13.0 Å². The number of hydrogen-bond acceptors (Lipinski definition) is 4. The number of ether oxygens (including phenoxy) is 1. The van der Waals surface area contributed by atoms with Crippen LogP contribution in [-0.2, 0) is 9.59 Å². The zero-order valence-corrected chi connectivity index (χ0v) is 21.0. The Morgan fingerprint density at radius 3 is 2.31 bits per heavy atom. The van der Waals surface area contributed by atoms with Crippen molar-refractivity contribution in [3.05, 3.63) is 59.7 Å². The molecule has 0 aromatic heterocycles. The number of para-hydroxylation sites is 1. The molecule has 0 N–H and O–H groups in total. The van der Waals surface area contributed by atoms with Crippen molar-refractivity contribution in [1.82, 2.24) is 9.80 Å². The Bertz CT molecular complexity index is 1060. The summed E-state index contributed by atoms with van der Waals surface area (Å²) in [6, 6.07) is 16.5. The maximum Gasteiger partial charge on any atom is 0.228 e. The molecule has 6 heteroatoms. The molecule has 1 aliphatic carbocycles. The highest BCUT2D eigenvalue weighted by molar-refractivity contribution is 5.84. The van der Waals surface area contributed by atoms with Gasteiger partial charge in [-0.15, -0.1) is 0 Å². The fourth-order valence-electron chi connectivity index (χ4n) is 6.20. The Balaban J connectivity index is 1.32. The molecule has 2 saturated heterocycles. The number of methoxy groups -OCH3 is 1. The predicted molar refractivity (Wildman–Crippen MR) is 138 cm³/mol. The third-order valence-corrected chi connectivity index (χ3v) is 8.22. The van der Waals surface area contributed by atoms with Crippen LogP contribution in [0.25, 0.3) is 0 Å². The standard InChI is InChI=1S/C29H37N3O3/c1-21-8-3-6-13-27(21)30-14-16-31(17-15-30)29(34)26-20-32(28(33)22-9-4-5-10-22)19-25(26)23-11-7-12-24(18-23)35-2/h3,6-8,11-13,18,22,25-26H,4-5,9-10,14-17,19-20H2,1-2H3/t25-,26+/m0/s1. The molecular formula is C29H37N3O3. The molecule has 2 aliphatic heterocycles. The number of aryl methyl sites for hydroxylation is 1. The zero-order chi connectivity index (χ0) is 24.4. The summed E-state index contributed by atoms with van der Waals surface area (Å²) >= 11 is 0. The lowest BCUT2D eigenvalue weighted by molar-refractivity contribution is -0.137. The molecule has 0 spiro atoms. The monoisotopic (exact) mass is 475 g/mol. The molecule has 5 rings (SSSR count). The van der Waals surface area contributed by atoms with Crippen molar-refractivity contribution >= 4 is 17.5 Å². The van der Waals surface area contributed by atoms with Crippen molar-refractivity contribution in [3.8, 4) is 5.75 Å². The van der Waals surface area contributed by atoms with Crippen LogP contribution in [0.3, 0.4) is 0 Å². The largest absolute Gasteiger partial charge is 0.497 e. The van der Waals surface area contributed by atoms with Crippen LogP contribution in [0.5, 0.6) is 5.75 Å². The van der Waals surface area contributed by atoms with E-state index < -0.39 is 0 Å². The Hall–Kier alpha value is -3.02. The minimum Gasteiger partial charge on any atom is -0.497 e. The number of benzene rings is 2. The average Bonchev–Trinajstić information content (AvgIpc) is 3.59. The van der Waals surface area contributed by atoms with Crippen molar-refractivity contribution in [2.75, 3.05) is 51.3 Å². The molecule has 2 heterocycles. The lowest BCUT2D eigenvalue weighted by Gasteiger charge is -2.38. The van der Waals surface area contributed by atoms with E-state index >= 15 is 0 Å². The van der Waals surface area contributed by atoms with Crippen molar-refractivity contribution in [2.24, 2.45) is 11.8 Å². The van der Waals surface area contributed by atoms with Crippen molar-refractivity contribution in [3.63, 3.8) is 0 Å². The van der Waals surface area contributed by atoms with Crippen molar-refractivity contribution in [1.29, 1.82) is 0 Å². The van der Waals surface area contributed by atoms with Crippen LogP contribution in [0.1, 0.15) is 42.7 Å². The van der Waals surface area contributed by atoms with Gasteiger partial charge < -0.3 is 19.4 Å². The first kappa shape index (κ1) is 23.7. The summed E-state index contributed by atoms with van der Waals surface area (Å²) in [5.41, 5.74) is 3.60. The molecular weight excluding hydrogens is 438 g/mol. The number of carbonyl (C=O) groups excluding carboxylic acids is 2. The van der Waals surface area contributed by atoms with Gasteiger partial charge in [0.25, 0.3) is 0 Å². The van der Waals surface area contributed by atoms with E-state index in [1.807, 2.05) is 28.0 Å². The summed E-state index contributed by atoms with van der Waals surface area (Å²) in [6.07, 6.45) is 4.24. The molecule has 3 fully saturated rings. The normalized spacial score (nSPS) is 23.1. The second-order valence-electron chi connectivity index (χ2n) is 10.3. The molecule has 0 bridgehead atoms. The third-order valence-electron chi connectivity index (χ3n) is 8.22. The molecule has 35 heavy (non-hydrogen) atoms. The van der Waals surface area contributed by atoms with Gasteiger partial charge in [-0.25, -0.2) is 0 Å². The van der Waals surface area contributed by atoms with Gasteiger partial charge in [-0.2, -0.15) is 0 Å². The van der Waals surface area contributed by atoms with E-state index in [2.05, 4.69) is 42.2 Å². The number of hydrogen-bond donors (Lipinski definition) is 0. The first-order valence-corrected chi connectivity index (χ1v) is 13.1. The first-order chi connectivity index (χ1) is 17.0. The topological polar surface area (TPSA) is 53.1 Å². The van der Waals surface area contributed by atoms with Crippen LogP contribution >= 0.6 is 0 Å². The van der Waals surface area contributed by atoms with Crippen LogP contribution in [0.15, 0.2) is 48.5 Å². The number of anilines is 1. The average molecular weight is 476 g/mol. The van der Waals surface area contributed by atoms with E-state index in [4.69, 9.17) is 4.74 Å². The molecule has 186 valence electrons. The molecule has 3 aliphatic rings. The maximum atomic E-state index is 13.9. The number of likely N-dealkylation sites (tertiary alicyclic amines) is 1. The Labute approximate surface area is 208 Å². The highest BCUT2D eigenvalue weighted by Gasteiger charge is 2.44. The maximum absolute atomic E-state index is 13.9. The summed E-state index contributed by atoms with van der Waals surface area (Å²) in [5, 5.41) is 0. The molecule has 2 atom stereocenters. The highest BCUT2D eigenvalue weighted by Crippen LogP contribution is 2.38. The summed E-state index contributed by atoms with van der Waals surface area (Å²) in [5.74, 6) is 1.14. The number of amides is 2. The molecule has 0 radical (unpaired) electrons. The van der Waals surface area contributed by atoms with Gasteiger partial charge in [-0.3, -0.25) is 9.59 Å². The summed E-state index contributed by atoms with van der Waals surface area (Å²) in [6.45, 7) is 6.36. The van der Waals surface area contributed by atoms with Crippen molar-refractivity contribution < 1.29 is 14.3 Å². The van der Waals surface area contributed by atoms with Gasteiger partial charge in [0.1, 0.15) is 5.75 Å². The summed E-state index contributed by atoms with van der Waals surface area (Å²) in [7, 11) is 1.67. The van der Waals surface area contributed by atoms with E-state index in [9.17, 15) is 9.59 Å². The molecule has 0 unspecified atom stereocenters. The minimum atomic E-state index is -0.211. The van der Waals surface area contributed by atoms with Crippen LogP contribution in [-0.4, -0.2) is 68.0 Å². The lowest BCUT2D eigenvalue weighted by atomic mass is 9.87. The van der Waals surface area contributed by atoms with E-state index in [0.29, 0.717) is 26.2 Å². The minimum absolute atomic E-state index is 0.00245. The van der Waals surface area contributed by atoms with Gasteiger partial charge >= 0.3 is 0 Å². The number of carbonyl (C=O) groups is 2. The van der Waals surface area contributed by atoms with Gasteiger partial charge in [0, 0.05) is 56.8 Å². The van der Waals surface area contributed by atoms with Crippen LogP contribution < -0.4 is 9.64 Å². The molecule has 1 saturated carbocycles.